The van der Waals surface area contributed by atoms with E-state index in [1.807, 2.05) is 6.92 Å². The number of halogens is 1. The first-order chi connectivity index (χ1) is 10.7. The number of rotatable bonds is 9. The SMILES string of the molecule is CCOC(=O)CCCCCNC1(c2ccc(Br)cc2)CCC1. The molecule has 1 aromatic carbocycles. The minimum absolute atomic E-state index is 0.0687. The van der Waals surface area contributed by atoms with Crippen molar-refractivity contribution in [2.45, 2.75) is 57.4 Å². The lowest BCUT2D eigenvalue weighted by Gasteiger charge is -2.43. The highest BCUT2D eigenvalue weighted by molar-refractivity contribution is 9.10. The predicted octanol–water partition coefficient (Wildman–Crippen LogP) is 4.54. The quantitative estimate of drug-likeness (QED) is 0.514. The molecule has 1 aliphatic carbocycles. The molecule has 0 unspecified atom stereocenters. The molecule has 0 saturated heterocycles. The van der Waals surface area contributed by atoms with Crippen molar-refractivity contribution in [1.29, 1.82) is 0 Å². The van der Waals surface area contributed by atoms with Gasteiger partial charge in [0.2, 0.25) is 0 Å². The molecule has 0 spiro atoms. The lowest BCUT2D eigenvalue weighted by molar-refractivity contribution is -0.143. The van der Waals surface area contributed by atoms with E-state index >= 15 is 0 Å². The molecule has 0 aromatic heterocycles. The van der Waals surface area contributed by atoms with Gasteiger partial charge in [0, 0.05) is 16.4 Å². The van der Waals surface area contributed by atoms with Crippen molar-refractivity contribution in [2.75, 3.05) is 13.2 Å². The van der Waals surface area contributed by atoms with Crippen LogP contribution in [0.3, 0.4) is 0 Å². The van der Waals surface area contributed by atoms with E-state index in [1.54, 1.807) is 0 Å². The van der Waals surface area contributed by atoms with Crippen LogP contribution in [0.1, 0.15) is 57.4 Å². The van der Waals surface area contributed by atoms with Crippen LogP contribution in [-0.2, 0) is 15.1 Å². The fourth-order valence-electron chi connectivity index (χ4n) is 3.00. The Morgan fingerprint density at radius 2 is 1.95 bits per heavy atom. The molecule has 0 atom stereocenters. The van der Waals surface area contributed by atoms with E-state index in [9.17, 15) is 4.79 Å². The van der Waals surface area contributed by atoms with Gasteiger partial charge in [0.05, 0.1) is 6.61 Å². The number of hydrogen-bond acceptors (Lipinski definition) is 3. The van der Waals surface area contributed by atoms with Crippen molar-refractivity contribution < 1.29 is 9.53 Å². The Labute approximate surface area is 141 Å². The van der Waals surface area contributed by atoms with E-state index in [0.29, 0.717) is 13.0 Å². The molecule has 0 radical (unpaired) electrons. The van der Waals surface area contributed by atoms with E-state index in [-0.39, 0.29) is 11.5 Å². The lowest BCUT2D eigenvalue weighted by Crippen LogP contribution is -2.48. The minimum Gasteiger partial charge on any atom is -0.466 e. The first-order valence-corrected chi connectivity index (χ1v) is 9.12. The van der Waals surface area contributed by atoms with E-state index in [0.717, 1.165) is 30.3 Å². The lowest BCUT2D eigenvalue weighted by atomic mass is 9.72. The number of esters is 1. The summed E-state index contributed by atoms with van der Waals surface area (Å²) in [6.45, 7) is 3.34. The normalized spacial score (nSPS) is 16.1. The van der Waals surface area contributed by atoms with Crippen LogP contribution >= 0.6 is 15.9 Å². The van der Waals surface area contributed by atoms with Gasteiger partial charge < -0.3 is 10.1 Å². The third-order valence-corrected chi connectivity index (χ3v) is 4.96. The molecule has 1 saturated carbocycles. The summed E-state index contributed by atoms with van der Waals surface area (Å²) in [4.78, 5) is 11.3. The smallest absolute Gasteiger partial charge is 0.305 e. The van der Waals surface area contributed by atoms with Crippen molar-refractivity contribution in [3.05, 3.63) is 34.3 Å². The summed E-state index contributed by atoms with van der Waals surface area (Å²) >= 11 is 3.50. The molecule has 3 nitrogen and oxygen atoms in total. The summed E-state index contributed by atoms with van der Waals surface area (Å²) in [5.41, 5.74) is 1.58. The third kappa shape index (κ3) is 4.82. The molecule has 0 aliphatic heterocycles. The Balaban J connectivity index is 1.69. The molecule has 1 fully saturated rings. The van der Waals surface area contributed by atoms with Crippen molar-refractivity contribution in [3.63, 3.8) is 0 Å². The maximum atomic E-state index is 11.3. The molecule has 0 amide bonds. The van der Waals surface area contributed by atoms with Gasteiger partial charge in [0.25, 0.3) is 0 Å². The molecule has 0 heterocycles. The second-order valence-corrected chi connectivity index (χ2v) is 6.90. The molecular weight excluding hydrogens is 342 g/mol. The fraction of sp³-hybridized carbons (Fsp3) is 0.611. The zero-order valence-corrected chi connectivity index (χ0v) is 15.0. The van der Waals surface area contributed by atoms with Gasteiger partial charge in [-0.25, -0.2) is 0 Å². The highest BCUT2D eigenvalue weighted by Crippen LogP contribution is 2.41. The first-order valence-electron chi connectivity index (χ1n) is 8.33. The van der Waals surface area contributed by atoms with Crippen LogP contribution in [0.5, 0.6) is 0 Å². The predicted molar refractivity (Wildman–Crippen MR) is 92.8 cm³/mol. The van der Waals surface area contributed by atoms with Crippen LogP contribution < -0.4 is 5.32 Å². The van der Waals surface area contributed by atoms with Gasteiger partial charge in [-0.05, 0) is 63.3 Å². The van der Waals surface area contributed by atoms with Crippen LogP contribution in [0, 0.1) is 0 Å². The molecule has 1 N–H and O–H groups in total. The molecule has 4 heteroatoms. The van der Waals surface area contributed by atoms with E-state index < -0.39 is 0 Å². The molecule has 22 heavy (non-hydrogen) atoms. The molecule has 1 aromatic rings. The minimum atomic E-state index is -0.0687. The van der Waals surface area contributed by atoms with Gasteiger partial charge in [-0.3, -0.25) is 4.79 Å². The Morgan fingerprint density at radius 1 is 1.23 bits per heavy atom. The topological polar surface area (TPSA) is 38.3 Å². The van der Waals surface area contributed by atoms with Crippen molar-refractivity contribution in [1.82, 2.24) is 5.32 Å². The molecule has 1 aliphatic rings. The zero-order valence-electron chi connectivity index (χ0n) is 13.4. The largest absolute Gasteiger partial charge is 0.466 e. The number of ether oxygens (including phenoxy) is 1. The number of carbonyl (C=O) groups excluding carboxylic acids is 1. The van der Waals surface area contributed by atoms with Crippen molar-refractivity contribution in [2.24, 2.45) is 0 Å². The van der Waals surface area contributed by atoms with Crippen LogP contribution in [0.15, 0.2) is 28.7 Å². The molecule has 122 valence electrons. The number of hydrogen-bond donors (Lipinski definition) is 1. The standard InChI is InChI=1S/C18H26BrNO2/c1-2-22-17(21)7-4-3-5-14-20-18(12-6-13-18)15-8-10-16(19)11-9-15/h8-11,20H,2-7,12-14H2,1H3. The average molecular weight is 368 g/mol. The van der Waals surface area contributed by atoms with Crippen molar-refractivity contribution in [3.8, 4) is 0 Å². The summed E-state index contributed by atoms with van der Waals surface area (Å²) < 4.78 is 6.07. The second kappa shape index (κ2) is 8.68. The highest BCUT2D eigenvalue weighted by atomic mass is 79.9. The summed E-state index contributed by atoms with van der Waals surface area (Å²) in [5, 5.41) is 3.75. The Hall–Kier alpha value is -0.870. The molecular formula is C18H26BrNO2. The highest BCUT2D eigenvalue weighted by Gasteiger charge is 2.37. The maximum Gasteiger partial charge on any atom is 0.305 e. The Bertz CT molecular complexity index is 468. The Morgan fingerprint density at radius 3 is 2.55 bits per heavy atom. The second-order valence-electron chi connectivity index (χ2n) is 5.99. The molecule has 2 rings (SSSR count). The van der Waals surface area contributed by atoms with Crippen LogP contribution in [-0.4, -0.2) is 19.1 Å². The summed E-state index contributed by atoms with van der Waals surface area (Å²) in [6.07, 6.45) is 7.39. The maximum absolute atomic E-state index is 11.3. The van der Waals surface area contributed by atoms with Gasteiger partial charge in [0.1, 0.15) is 0 Å². The van der Waals surface area contributed by atoms with Gasteiger partial charge >= 0.3 is 5.97 Å². The van der Waals surface area contributed by atoms with Crippen LogP contribution in [0.25, 0.3) is 0 Å². The number of carbonyl (C=O) groups is 1. The third-order valence-electron chi connectivity index (χ3n) is 4.43. The van der Waals surface area contributed by atoms with E-state index in [1.165, 1.54) is 24.8 Å². The van der Waals surface area contributed by atoms with Crippen LogP contribution in [0.2, 0.25) is 0 Å². The van der Waals surface area contributed by atoms with E-state index in [4.69, 9.17) is 4.74 Å². The monoisotopic (exact) mass is 367 g/mol. The summed E-state index contributed by atoms with van der Waals surface area (Å²) in [7, 11) is 0. The van der Waals surface area contributed by atoms with E-state index in [2.05, 4.69) is 45.5 Å². The Kier molecular flexibility index (Phi) is 6.90. The van der Waals surface area contributed by atoms with Crippen LogP contribution in [0.4, 0.5) is 0 Å². The number of benzene rings is 1. The zero-order chi connectivity index (χ0) is 15.8. The number of nitrogens with one attached hydrogen (secondary N) is 1. The van der Waals surface area contributed by atoms with Gasteiger partial charge in [-0.1, -0.05) is 34.5 Å². The first kappa shape index (κ1) is 17.5. The average Bonchev–Trinajstić information content (AvgIpc) is 2.46. The van der Waals surface area contributed by atoms with Crippen molar-refractivity contribution >= 4 is 21.9 Å². The fourth-order valence-corrected chi connectivity index (χ4v) is 3.26. The van der Waals surface area contributed by atoms with Gasteiger partial charge in [-0.15, -0.1) is 0 Å². The van der Waals surface area contributed by atoms with Gasteiger partial charge in [-0.2, -0.15) is 0 Å². The summed E-state index contributed by atoms with van der Waals surface area (Å²) in [5.74, 6) is -0.0687. The number of unbranched alkanes of at least 4 members (excludes halogenated alkanes) is 2. The molecule has 0 bridgehead atoms. The summed E-state index contributed by atoms with van der Waals surface area (Å²) in [6, 6.07) is 8.68. The van der Waals surface area contributed by atoms with Gasteiger partial charge in [0.15, 0.2) is 0 Å².